The van der Waals surface area contributed by atoms with Gasteiger partial charge in [0.1, 0.15) is 5.69 Å². The van der Waals surface area contributed by atoms with Crippen molar-refractivity contribution < 1.29 is 14.5 Å². The second-order valence-electron chi connectivity index (χ2n) is 7.49. The molecule has 0 spiro atoms. The predicted molar refractivity (Wildman–Crippen MR) is 133 cm³/mol. The highest BCUT2D eigenvalue weighted by molar-refractivity contribution is 8.00. The summed E-state index contributed by atoms with van der Waals surface area (Å²) in [6, 6.07) is 24.6. The number of thioether (sulfide) groups is 1. The van der Waals surface area contributed by atoms with Gasteiger partial charge in [-0.15, -0.1) is 11.8 Å². The molecule has 0 aliphatic carbocycles. The molecule has 10 heteroatoms. The summed E-state index contributed by atoms with van der Waals surface area (Å²) in [5.41, 5.74) is 7.24. The smallest absolute Gasteiger partial charge is 0.272 e. The van der Waals surface area contributed by atoms with Gasteiger partial charge in [0.2, 0.25) is 0 Å². The number of benzene rings is 3. The molecular weight excluding hydrogens is 466 g/mol. The summed E-state index contributed by atoms with van der Waals surface area (Å²) in [4.78, 5) is 36.6. The van der Waals surface area contributed by atoms with Gasteiger partial charge in [-0.05, 0) is 31.2 Å². The first-order valence-electron chi connectivity index (χ1n) is 10.6. The van der Waals surface area contributed by atoms with Gasteiger partial charge in [-0.1, -0.05) is 48.5 Å². The Bertz CT molecular complexity index is 1340. The topological polar surface area (TPSA) is 119 Å². The Hall–Kier alpha value is -4.44. The van der Waals surface area contributed by atoms with Crippen molar-refractivity contribution in [3.8, 4) is 16.9 Å². The number of hydrogen-bond acceptors (Lipinski definition) is 6. The third-order valence-corrected chi connectivity index (χ3v) is 6.17. The quantitative estimate of drug-likeness (QED) is 0.227. The van der Waals surface area contributed by atoms with Crippen LogP contribution in [0.25, 0.3) is 16.9 Å². The van der Waals surface area contributed by atoms with Gasteiger partial charge in [-0.25, -0.2) is 4.68 Å². The number of carbonyl (C=O) groups excluding carboxylic acids is 2. The molecule has 0 saturated heterocycles. The molecule has 0 fully saturated rings. The van der Waals surface area contributed by atoms with Gasteiger partial charge in [-0.2, -0.15) is 5.10 Å². The summed E-state index contributed by atoms with van der Waals surface area (Å²) in [7, 11) is 0. The zero-order chi connectivity index (χ0) is 24.8. The van der Waals surface area contributed by atoms with Gasteiger partial charge in [0.25, 0.3) is 17.5 Å². The second-order valence-corrected chi connectivity index (χ2v) is 8.91. The first-order chi connectivity index (χ1) is 16.9. The number of rotatable bonds is 7. The number of aromatic nitrogens is 2. The van der Waals surface area contributed by atoms with Gasteiger partial charge in [0.05, 0.1) is 21.4 Å². The van der Waals surface area contributed by atoms with Crippen molar-refractivity contribution in [3.63, 3.8) is 0 Å². The third-order valence-electron chi connectivity index (χ3n) is 5.06. The highest BCUT2D eigenvalue weighted by Crippen LogP contribution is 2.26. The summed E-state index contributed by atoms with van der Waals surface area (Å²) in [5, 5.41) is 14.8. The van der Waals surface area contributed by atoms with Crippen molar-refractivity contribution in [1.82, 2.24) is 20.6 Å². The summed E-state index contributed by atoms with van der Waals surface area (Å²) >= 11 is 1.22. The molecule has 9 nitrogen and oxygen atoms in total. The van der Waals surface area contributed by atoms with Crippen LogP contribution in [-0.2, 0) is 4.79 Å². The number of carbonyl (C=O) groups is 2. The van der Waals surface area contributed by atoms with Crippen LogP contribution in [0.5, 0.6) is 0 Å². The van der Waals surface area contributed by atoms with E-state index in [9.17, 15) is 19.7 Å². The maximum Gasteiger partial charge on any atom is 0.273 e. The summed E-state index contributed by atoms with van der Waals surface area (Å²) < 4.78 is 1.62. The summed E-state index contributed by atoms with van der Waals surface area (Å²) in [5.74, 6) is -0.926. The van der Waals surface area contributed by atoms with E-state index in [1.54, 1.807) is 29.9 Å². The minimum Gasteiger partial charge on any atom is -0.272 e. The molecule has 0 radical (unpaired) electrons. The van der Waals surface area contributed by atoms with Crippen LogP contribution in [-0.4, -0.2) is 31.8 Å². The average Bonchev–Trinajstić information content (AvgIpc) is 3.34. The Labute approximate surface area is 205 Å². The minimum absolute atomic E-state index is 0.0241. The highest BCUT2D eigenvalue weighted by atomic mass is 32.2. The molecule has 0 bridgehead atoms. The first-order valence-corrected chi connectivity index (χ1v) is 11.5. The number of para-hydroxylation sites is 1. The maximum absolute atomic E-state index is 13.0. The van der Waals surface area contributed by atoms with E-state index >= 15 is 0 Å². The van der Waals surface area contributed by atoms with Crippen LogP contribution < -0.4 is 10.9 Å². The number of nitrogens with zero attached hydrogens (tertiary/aromatic N) is 3. The molecule has 4 rings (SSSR count). The second kappa shape index (κ2) is 10.7. The molecule has 35 heavy (non-hydrogen) atoms. The molecule has 176 valence electrons. The van der Waals surface area contributed by atoms with Crippen molar-refractivity contribution in [3.05, 3.63) is 107 Å². The minimum atomic E-state index is -0.558. The van der Waals surface area contributed by atoms with Crippen LogP contribution >= 0.6 is 11.8 Å². The van der Waals surface area contributed by atoms with Crippen LogP contribution in [0.3, 0.4) is 0 Å². The first kappa shape index (κ1) is 23.7. The molecule has 4 aromatic rings. The number of nitro groups is 1. The fourth-order valence-corrected chi connectivity index (χ4v) is 4.12. The van der Waals surface area contributed by atoms with Crippen LogP contribution in [0, 0.1) is 10.1 Å². The normalized spacial score (nSPS) is 11.5. The summed E-state index contributed by atoms with van der Waals surface area (Å²) in [6.07, 6.45) is 1.62. The number of nitrogens with one attached hydrogen (secondary N) is 2. The molecule has 1 unspecified atom stereocenters. The van der Waals surface area contributed by atoms with Crippen molar-refractivity contribution in [1.29, 1.82) is 0 Å². The van der Waals surface area contributed by atoms with Gasteiger partial charge in [0, 0.05) is 28.8 Å². The fourth-order valence-electron chi connectivity index (χ4n) is 3.25. The Morgan fingerprint density at radius 1 is 0.943 bits per heavy atom. The lowest BCUT2D eigenvalue weighted by Crippen LogP contribution is -2.45. The lowest BCUT2D eigenvalue weighted by molar-refractivity contribution is -0.384. The Balaban J connectivity index is 1.46. The molecule has 2 N–H and O–H groups in total. The molecule has 0 aliphatic heterocycles. The molecule has 1 heterocycles. The molecular formula is C25H21N5O4S. The van der Waals surface area contributed by atoms with Crippen molar-refractivity contribution in [2.75, 3.05) is 0 Å². The zero-order valence-corrected chi connectivity index (χ0v) is 19.4. The van der Waals surface area contributed by atoms with E-state index in [0.717, 1.165) is 11.3 Å². The lowest BCUT2D eigenvalue weighted by Gasteiger charge is -2.12. The van der Waals surface area contributed by atoms with Gasteiger partial charge in [-0.3, -0.25) is 30.6 Å². The predicted octanol–water partition coefficient (Wildman–Crippen LogP) is 4.39. The lowest BCUT2D eigenvalue weighted by atomic mass is 10.1. The Kier molecular flexibility index (Phi) is 7.22. The average molecular weight is 488 g/mol. The largest absolute Gasteiger partial charge is 0.273 e. The molecule has 3 aromatic carbocycles. The van der Waals surface area contributed by atoms with E-state index in [2.05, 4.69) is 16.0 Å². The van der Waals surface area contributed by atoms with Gasteiger partial charge < -0.3 is 0 Å². The number of amides is 2. The van der Waals surface area contributed by atoms with Crippen LogP contribution in [0.2, 0.25) is 0 Å². The monoisotopic (exact) mass is 487 g/mol. The SMILES string of the molecule is CC(Sc1ccc([N+](=O)[O-])cc1)C(=O)NNC(=O)c1cn(-c2ccccc2)nc1-c1ccccc1. The maximum atomic E-state index is 13.0. The van der Waals surface area contributed by atoms with Crippen molar-refractivity contribution >= 4 is 29.3 Å². The Morgan fingerprint density at radius 3 is 2.20 bits per heavy atom. The van der Waals surface area contributed by atoms with E-state index in [1.165, 1.54) is 23.9 Å². The molecule has 0 saturated carbocycles. The fraction of sp³-hybridized carbons (Fsp3) is 0.0800. The van der Waals surface area contributed by atoms with Crippen LogP contribution in [0.1, 0.15) is 17.3 Å². The van der Waals surface area contributed by atoms with Crippen LogP contribution in [0.15, 0.2) is 96.0 Å². The standard InChI is InChI=1S/C25H21N5O4S/c1-17(35-21-14-12-20(13-15-21)30(33)34)24(31)26-27-25(32)22-16-29(19-10-6-3-7-11-19)28-23(22)18-8-4-2-5-9-18/h2-17H,1H3,(H,26,31)(H,27,32). The van der Waals surface area contributed by atoms with Gasteiger partial charge >= 0.3 is 0 Å². The number of non-ortho nitro benzene ring substituents is 1. The molecule has 1 atom stereocenters. The van der Waals surface area contributed by atoms with Crippen molar-refractivity contribution in [2.24, 2.45) is 0 Å². The van der Waals surface area contributed by atoms with Crippen LogP contribution in [0.4, 0.5) is 5.69 Å². The molecule has 1 aromatic heterocycles. The van der Waals surface area contributed by atoms with E-state index in [-0.39, 0.29) is 5.69 Å². The number of hydrogen-bond donors (Lipinski definition) is 2. The summed E-state index contributed by atoms with van der Waals surface area (Å²) in [6.45, 7) is 1.68. The highest BCUT2D eigenvalue weighted by Gasteiger charge is 2.21. The molecule has 2 amide bonds. The molecule has 0 aliphatic rings. The third kappa shape index (κ3) is 5.74. The zero-order valence-electron chi connectivity index (χ0n) is 18.6. The van der Waals surface area contributed by atoms with E-state index in [4.69, 9.17) is 0 Å². The van der Waals surface area contributed by atoms with E-state index in [1.807, 2.05) is 60.7 Å². The Morgan fingerprint density at radius 2 is 1.57 bits per heavy atom. The van der Waals surface area contributed by atoms with E-state index < -0.39 is 22.0 Å². The number of nitro benzene ring substituents is 1. The number of hydrazine groups is 1. The van der Waals surface area contributed by atoms with E-state index in [0.29, 0.717) is 16.2 Å². The van der Waals surface area contributed by atoms with Crippen molar-refractivity contribution in [2.45, 2.75) is 17.1 Å². The van der Waals surface area contributed by atoms with Gasteiger partial charge in [0.15, 0.2) is 0 Å².